The van der Waals surface area contributed by atoms with Crippen molar-refractivity contribution in [1.82, 2.24) is 9.97 Å². The fourth-order valence-electron chi connectivity index (χ4n) is 2.48. The summed E-state index contributed by atoms with van der Waals surface area (Å²) in [5.74, 6) is 0.625. The number of halogens is 2. The van der Waals surface area contributed by atoms with Gasteiger partial charge in [0.1, 0.15) is 17.4 Å². The molecule has 1 atom stereocenters. The topological polar surface area (TPSA) is 61.0 Å². The lowest BCUT2D eigenvalue weighted by Crippen LogP contribution is -2.17. The van der Waals surface area contributed by atoms with Gasteiger partial charge in [-0.25, -0.2) is 14.4 Å². The van der Waals surface area contributed by atoms with Crippen LogP contribution in [0.1, 0.15) is 23.1 Å². The molecule has 0 aliphatic rings. The lowest BCUT2D eigenvalue weighted by atomic mass is 10.00. The first-order chi connectivity index (χ1) is 11.1. The maximum atomic E-state index is 14.3. The molecule has 0 aliphatic carbocycles. The summed E-state index contributed by atoms with van der Waals surface area (Å²) in [6.07, 6.45) is 0. The highest BCUT2D eigenvalue weighted by molar-refractivity contribution is 6.16. The quantitative estimate of drug-likeness (QED) is 0.742. The average molecular weight is 332 g/mol. The van der Waals surface area contributed by atoms with Crippen molar-refractivity contribution in [3.8, 4) is 5.75 Å². The third-order valence-corrected chi connectivity index (χ3v) is 3.87. The zero-order chi connectivity index (χ0) is 16.4. The van der Waals surface area contributed by atoms with E-state index in [0.717, 1.165) is 10.9 Å². The van der Waals surface area contributed by atoms with Gasteiger partial charge in [-0.2, -0.15) is 0 Å². The Kier molecular flexibility index (Phi) is 4.41. The minimum absolute atomic E-state index is 0.162. The summed E-state index contributed by atoms with van der Waals surface area (Å²) >= 11 is 5.86. The molecule has 4 nitrogen and oxygen atoms in total. The molecule has 0 spiro atoms. The van der Waals surface area contributed by atoms with Gasteiger partial charge in [-0.05, 0) is 12.1 Å². The van der Waals surface area contributed by atoms with Crippen molar-refractivity contribution >= 4 is 22.5 Å². The van der Waals surface area contributed by atoms with E-state index in [1.807, 2.05) is 24.3 Å². The number of fused-ring (bicyclic) bond motifs is 1. The van der Waals surface area contributed by atoms with E-state index in [9.17, 15) is 4.39 Å². The summed E-state index contributed by atoms with van der Waals surface area (Å²) < 4.78 is 19.3. The Labute approximate surface area is 138 Å². The van der Waals surface area contributed by atoms with Gasteiger partial charge in [0.05, 0.1) is 30.2 Å². The molecule has 1 aromatic heterocycles. The van der Waals surface area contributed by atoms with Crippen LogP contribution in [0.25, 0.3) is 10.9 Å². The molecule has 0 radical (unpaired) electrons. The van der Waals surface area contributed by atoms with E-state index in [1.165, 1.54) is 13.2 Å². The highest BCUT2D eigenvalue weighted by Crippen LogP contribution is 2.28. The minimum atomic E-state index is -0.726. The van der Waals surface area contributed by atoms with Crippen molar-refractivity contribution < 1.29 is 9.13 Å². The molecule has 118 valence electrons. The fraction of sp³-hybridized carbons (Fsp3) is 0.176. The van der Waals surface area contributed by atoms with Gasteiger partial charge in [-0.1, -0.05) is 24.3 Å². The average Bonchev–Trinajstić information content (AvgIpc) is 2.60. The number of hydrogen-bond donors (Lipinski definition) is 1. The Balaban J connectivity index is 2.15. The first-order valence-electron chi connectivity index (χ1n) is 7.04. The van der Waals surface area contributed by atoms with Crippen molar-refractivity contribution in [3.05, 3.63) is 65.4 Å². The Morgan fingerprint density at radius 2 is 2.00 bits per heavy atom. The largest absolute Gasteiger partial charge is 0.497 e. The van der Waals surface area contributed by atoms with Crippen LogP contribution in [0.3, 0.4) is 0 Å². The third-order valence-electron chi connectivity index (χ3n) is 3.64. The summed E-state index contributed by atoms with van der Waals surface area (Å²) in [6, 6.07) is 11.3. The molecule has 0 aliphatic heterocycles. The maximum Gasteiger partial charge on any atom is 0.144 e. The van der Waals surface area contributed by atoms with Crippen LogP contribution in [0.2, 0.25) is 0 Å². The Morgan fingerprint density at radius 1 is 1.22 bits per heavy atom. The summed E-state index contributed by atoms with van der Waals surface area (Å²) in [6.45, 7) is 0. The zero-order valence-corrected chi connectivity index (χ0v) is 13.2. The molecule has 6 heteroatoms. The van der Waals surface area contributed by atoms with E-state index in [2.05, 4.69) is 9.97 Å². The van der Waals surface area contributed by atoms with Crippen molar-refractivity contribution in [2.75, 3.05) is 7.11 Å². The van der Waals surface area contributed by atoms with E-state index >= 15 is 0 Å². The van der Waals surface area contributed by atoms with Crippen LogP contribution in [0.5, 0.6) is 5.75 Å². The predicted molar refractivity (Wildman–Crippen MR) is 88.1 cm³/mol. The molecule has 2 N–H and O–H groups in total. The molecule has 0 saturated carbocycles. The van der Waals surface area contributed by atoms with Crippen LogP contribution in [-0.2, 0) is 5.88 Å². The Bertz CT molecular complexity index is 856. The number of hydrogen-bond acceptors (Lipinski definition) is 4. The molecule has 3 aromatic rings. The smallest absolute Gasteiger partial charge is 0.144 e. The van der Waals surface area contributed by atoms with Crippen LogP contribution in [0, 0.1) is 5.82 Å². The van der Waals surface area contributed by atoms with E-state index in [1.54, 1.807) is 12.1 Å². The van der Waals surface area contributed by atoms with Crippen LogP contribution in [-0.4, -0.2) is 17.1 Å². The monoisotopic (exact) mass is 331 g/mol. The SMILES string of the molecule is COc1ccc(C(N)c2nc(CCl)nc3ccccc23)c(F)c1. The number of rotatable bonds is 4. The molecular weight excluding hydrogens is 317 g/mol. The second kappa shape index (κ2) is 6.48. The summed E-state index contributed by atoms with van der Waals surface area (Å²) in [5.41, 5.74) is 7.91. The van der Waals surface area contributed by atoms with Crippen LogP contribution >= 0.6 is 11.6 Å². The summed E-state index contributed by atoms with van der Waals surface area (Å²) in [4.78, 5) is 8.78. The number of benzene rings is 2. The lowest BCUT2D eigenvalue weighted by molar-refractivity contribution is 0.410. The molecular formula is C17H15ClFN3O. The van der Waals surface area contributed by atoms with E-state index in [4.69, 9.17) is 22.1 Å². The molecule has 0 bridgehead atoms. The van der Waals surface area contributed by atoms with Crippen LogP contribution in [0.4, 0.5) is 4.39 Å². The Hall–Kier alpha value is -2.24. The second-order valence-electron chi connectivity index (χ2n) is 5.04. The molecule has 23 heavy (non-hydrogen) atoms. The number of alkyl halides is 1. The fourth-order valence-corrected chi connectivity index (χ4v) is 2.60. The predicted octanol–water partition coefficient (Wildman–Crippen LogP) is 3.56. The third kappa shape index (κ3) is 2.98. The second-order valence-corrected chi connectivity index (χ2v) is 5.31. The number of para-hydroxylation sites is 1. The minimum Gasteiger partial charge on any atom is -0.497 e. The Morgan fingerprint density at radius 3 is 2.70 bits per heavy atom. The standard InChI is InChI=1S/C17H15ClFN3O/c1-23-10-6-7-11(13(19)8-10)16(20)17-12-4-2-3-5-14(12)21-15(9-18)22-17/h2-8,16H,9,20H2,1H3. The van der Waals surface area contributed by atoms with Crippen molar-refractivity contribution in [2.45, 2.75) is 11.9 Å². The van der Waals surface area contributed by atoms with Crippen LogP contribution in [0.15, 0.2) is 42.5 Å². The molecule has 0 amide bonds. The van der Waals surface area contributed by atoms with Crippen molar-refractivity contribution in [2.24, 2.45) is 5.73 Å². The van der Waals surface area contributed by atoms with E-state index in [0.29, 0.717) is 22.8 Å². The van der Waals surface area contributed by atoms with Gasteiger partial charge in [0, 0.05) is 17.0 Å². The van der Waals surface area contributed by atoms with Crippen molar-refractivity contribution in [1.29, 1.82) is 0 Å². The van der Waals surface area contributed by atoms with Gasteiger partial charge in [-0.3, -0.25) is 0 Å². The summed E-state index contributed by atoms with van der Waals surface area (Å²) in [7, 11) is 1.49. The number of ether oxygens (including phenoxy) is 1. The molecule has 2 aromatic carbocycles. The number of methoxy groups -OCH3 is 1. The first-order valence-corrected chi connectivity index (χ1v) is 7.58. The number of nitrogens with two attached hydrogens (primary N) is 1. The number of nitrogens with zero attached hydrogens (tertiary/aromatic N) is 2. The number of aromatic nitrogens is 2. The highest BCUT2D eigenvalue weighted by atomic mass is 35.5. The molecule has 0 fully saturated rings. The lowest BCUT2D eigenvalue weighted by Gasteiger charge is -2.16. The van der Waals surface area contributed by atoms with Gasteiger partial charge in [0.2, 0.25) is 0 Å². The molecule has 0 saturated heterocycles. The van der Waals surface area contributed by atoms with Gasteiger partial charge in [0.25, 0.3) is 0 Å². The molecule has 1 heterocycles. The van der Waals surface area contributed by atoms with E-state index < -0.39 is 11.9 Å². The van der Waals surface area contributed by atoms with Crippen LogP contribution < -0.4 is 10.5 Å². The van der Waals surface area contributed by atoms with Crippen molar-refractivity contribution in [3.63, 3.8) is 0 Å². The van der Waals surface area contributed by atoms with E-state index in [-0.39, 0.29) is 5.88 Å². The first kappa shape index (κ1) is 15.6. The van der Waals surface area contributed by atoms with Gasteiger partial charge in [-0.15, -0.1) is 11.6 Å². The zero-order valence-electron chi connectivity index (χ0n) is 12.5. The van der Waals surface area contributed by atoms with Gasteiger partial charge in [0.15, 0.2) is 0 Å². The molecule has 3 rings (SSSR count). The maximum absolute atomic E-state index is 14.3. The summed E-state index contributed by atoms with van der Waals surface area (Å²) in [5, 5.41) is 0.782. The van der Waals surface area contributed by atoms with Gasteiger partial charge >= 0.3 is 0 Å². The van der Waals surface area contributed by atoms with Gasteiger partial charge < -0.3 is 10.5 Å². The molecule has 1 unspecified atom stereocenters. The highest BCUT2D eigenvalue weighted by Gasteiger charge is 2.19. The normalized spacial score (nSPS) is 12.3.